The summed E-state index contributed by atoms with van der Waals surface area (Å²) in [4.78, 5) is 0. The first-order valence-electron chi connectivity index (χ1n) is 8.73. The Balaban J connectivity index is 1.89. The Hall–Kier alpha value is -2.83. The average molecular weight is 375 g/mol. The van der Waals surface area contributed by atoms with E-state index in [9.17, 15) is 17.6 Å². The van der Waals surface area contributed by atoms with Gasteiger partial charge in [-0.15, -0.1) is 0 Å². The summed E-state index contributed by atoms with van der Waals surface area (Å²) in [5.74, 6) is 0.294. The summed E-state index contributed by atoms with van der Waals surface area (Å²) in [6.45, 7) is 0.709. The predicted octanol–water partition coefficient (Wildman–Crippen LogP) is 5.45. The van der Waals surface area contributed by atoms with Crippen LogP contribution < -0.4 is 5.32 Å². The highest BCUT2D eigenvalue weighted by molar-refractivity contribution is 5.71. The molecule has 2 heterocycles. The number of anilines is 1. The van der Waals surface area contributed by atoms with Crippen molar-refractivity contribution >= 4 is 5.82 Å². The SMILES string of the molecule is Fc1cccc(-c2nn(-c3cccc(C(F)(F)F)c3)c3c2CCCCN3)c1. The van der Waals surface area contributed by atoms with Crippen molar-refractivity contribution in [3.05, 3.63) is 65.5 Å². The van der Waals surface area contributed by atoms with E-state index in [1.54, 1.807) is 18.2 Å². The highest BCUT2D eigenvalue weighted by Crippen LogP contribution is 2.36. The molecule has 3 aromatic rings. The zero-order valence-corrected chi connectivity index (χ0v) is 14.4. The minimum atomic E-state index is -4.43. The van der Waals surface area contributed by atoms with E-state index in [-0.39, 0.29) is 5.82 Å². The second kappa shape index (κ2) is 6.72. The molecule has 3 nitrogen and oxygen atoms in total. The topological polar surface area (TPSA) is 29.9 Å². The third-order valence-corrected chi connectivity index (χ3v) is 4.65. The van der Waals surface area contributed by atoms with Crippen molar-refractivity contribution in [2.75, 3.05) is 11.9 Å². The van der Waals surface area contributed by atoms with Crippen LogP contribution >= 0.6 is 0 Å². The Bertz CT molecular complexity index is 976. The van der Waals surface area contributed by atoms with Gasteiger partial charge in [0.25, 0.3) is 0 Å². The number of hydrogen-bond donors (Lipinski definition) is 1. The van der Waals surface area contributed by atoms with Crippen molar-refractivity contribution in [2.24, 2.45) is 0 Å². The number of hydrogen-bond acceptors (Lipinski definition) is 2. The Morgan fingerprint density at radius 3 is 2.59 bits per heavy atom. The quantitative estimate of drug-likeness (QED) is 0.604. The maximum absolute atomic E-state index is 13.7. The number of fused-ring (bicyclic) bond motifs is 1. The first kappa shape index (κ1) is 17.6. The van der Waals surface area contributed by atoms with Gasteiger partial charge >= 0.3 is 6.18 Å². The monoisotopic (exact) mass is 375 g/mol. The molecule has 0 atom stereocenters. The van der Waals surface area contributed by atoms with Crippen LogP contribution in [-0.4, -0.2) is 16.3 Å². The summed E-state index contributed by atoms with van der Waals surface area (Å²) >= 11 is 0. The van der Waals surface area contributed by atoms with Crippen LogP contribution in [0, 0.1) is 5.82 Å². The second-order valence-electron chi connectivity index (χ2n) is 6.53. The molecule has 7 heteroatoms. The van der Waals surface area contributed by atoms with Crippen molar-refractivity contribution in [2.45, 2.75) is 25.4 Å². The molecule has 4 rings (SSSR count). The van der Waals surface area contributed by atoms with Crippen LogP contribution in [0.25, 0.3) is 16.9 Å². The zero-order valence-electron chi connectivity index (χ0n) is 14.4. The van der Waals surface area contributed by atoms with Gasteiger partial charge in [-0.25, -0.2) is 9.07 Å². The fourth-order valence-electron chi connectivity index (χ4n) is 3.37. The Morgan fingerprint density at radius 2 is 1.81 bits per heavy atom. The van der Waals surface area contributed by atoms with Gasteiger partial charge in [-0.3, -0.25) is 0 Å². The molecule has 0 fully saturated rings. The minimum absolute atomic E-state index is 0.318. The smallest absolute Gasteiger partial charge is 0.370 e. The lowest BCUT2D eigenvalue weighted by Crippen LogP contribution is -2.09. The summed E-state index contributed by atoms with van der Waals surface area (Å²) in [6, 6.07) is 11.2. The highest BCUT2D eigenvalue weighted by atomic mass is 19.4. The number of benzene rings is 2. The maximum atomic E-state index is 13.7. The number of nitrogens with one attached hydrogen (secondary N) is 1. The molecule has 0 unspecified atom stereocenters. The number of alkyl halides is 3. The Kier molecular flexibility index (Phi) is 4.37. The highest BCUT2D eigenvalue weighted by Gasteiger charge is 2.31. The van der Waals surface area contributed by atoms with E-state index in [1.165, 1.54) is 22.9 Å². The molecular weight excluding hydrogens is 358 g/mol. The van der Waals surface area contributed by atoms with E-state index in [0.717, 1.165) is 37.0 Å². The lowest BCUT2D eigenvalue weighted by Gasteiger charge is -2.12. The van der Waals surface area contributed by atoms with Gasteiger partial charge in [0, 0.05) is 17.7 Å². The second-order valence-corrected chi connectivity index (χ2v) is 6.53. The molecule has 140 valence electrons. The molecule has 0 aliphatic carbocycles. The molecule has 0 radical (unpaired) electrons. The fraction of sp³-hybridized carbons (Fsp3) is 0.250. The maximum Gasteiger partial charge on any atom is 0.416 e. The summed E-state index contributed by atoms with van der Waals surface area (Å²) in [7, 11) is 0. The van der Waals surface area contributed by atoms with E-state index in [4.69, 9.17) is 0 Å². The van der Waals surface area contributed by atoms with Gasteiger partial charge in [-0.2, -0.15) is 18.3 Å². The predicted molar refractivity (Wildman–Crippen MR) is 95.4 cm³/mol. The molecule has 1 aromatic heterocycles. The van der Waals surface area contributed by atoms with Crippen molar-refractivity contribution in [1.29, 1.82) is 0 Å². The summed E-state index contributed by atoms with van der Waals surface area (Å²) < 4.78 is 54.5. The molecule has 2 aromatic carbocycles. The first-order valence-corrected chi connectivity index (χ1v) is 8.73. The van der Waals surface area contributed by atoms with Gasteiger partial charge < -0.3 is 5.32 Å². The standard InChI is InChI=1S/C20H17F4N3/c21-15-7-3-5-13(11-15)18-17-9-1-2-10-25-19(17)27(26-18)16-8-4-6-14(12-16)20(22,23)24/h3-8,11-12,25H,1-2,9-10H2. The van der Waals surface area contributed by atoms with Crippen LogP contribution in [0.2, 0.25) is 0 Å². The van der Waals surface area contributed by atoms with Crippen LogP contribution in [0.1, 0.15) is 24.0 Å². The Labute approximate surface area is 153 Å². The molecule has 0 spiro atoms. The van der Waals surface area contributed by atoms with Gasteiger partial charge in [0.1, 0.15) is 11.6 Å². The molecule has 27 heavy (non-hydrogen) atoms. The average Bonchev–Trinajstić information content (AvgIpc) is 2.82. The lowest BCUT2D eigenvalue weighted by atomic mass is 10.0. The number of halogens is 4. The van der Waals surface area contributed by atoms with Crippen LogP contribution in [0.3, 0.4) is 0 Å². The van der Waals surface area contributed by atoms with Gasteiger partial charge in [-0.1, -0.05) is 18.2 Å². The fourth-order valence-corrected chi connectivity index (χ4v) is 3.37. The molecule has 1 aliphatic heterocycles. The number of aromatic nitrogens is 2. The van der Waals surface area contributed by atoms with Gasteiger partial charge in [0.15, 0.2) is 0 Å². The van der Waals surface area contributed by atoms with E-state index < -0.39 is 11.7 Å². The molecule has 0 saturated heterocycles. The lowest BCUT2D eigenvalue weighted by molar-refractivity contribution is -0.137. The normalized spacial score (nSPS) is 14.4. The third kappa shape index (κ3) is 3.41. The first-order chi connectivity index (χ1) is 12.9. The molecule has 1 aliphatic rings. The summed E-state index contributed by atoms with van der Waals surface area (Å²) in [6.07, 6.45) is -1.83. The molecule has 0 amide bonds. The summed E-state index contributed by atoms with van der Waals surface area (Å²) in [5.41, 5.74) is 1.69. The van der Waals surface area contributed by atoms with E-state index in [1.807, 2.05) is 0 Å². The van der Waals surface area contributed by atoms with Gasteiger partial charge in [-0.05, 0) is 49.6 Å². The minimum Gasteiger partial charge on any atom is -0.370 e. The van der Waals surface area contributed by atoms with Crippen LogP contribution in [0.15, 0.2) is 48.5 Å². The number of nitrogens with zero attached hydrogens (tertiary/aromatic N) is 2. The van der Waals surface area contributed by atoms with E-state index in [2.05, 4.69) is 10.4 Å². The van der Waals surface area contributed by atoms with Crippen LogP contribution in [-0.2, 0) is 12.6 Å². The van der Waals surface area contributed by atoms with Crippen molar-refractivity contribution < 1.29 is 17.6 Å². The zero-order chi connectivity index (χ0) is 19.0. The van der Waals surface area contributed by atoms with Crippen LogP contribution in [0.4, 0.5) is 23.4 Å². The van der Waals surface area contributed by atoms with Crippen molar-refractivity contribution in [3.8, 4) is 16.9 Å². The summed E-state index contributed by atoms with van der Waals surface area (Å²) in [5, 5.41) is 7.84. The van der Waals surface area contributed by atoms with E-state index in [0.29, 0.717) is 29.3 Å². The molecule has 0 bridgehead atoms. The largest absolute Gasteiger partial charge is 0.416 e. The molecular formula is C20H17F4N3. The van der Waals surface area contributed by atoms with Gasteiger partial charge in [0.05, 0.1) is 16.9 Å². The molecule has 0 saturated carbocycles. The van der Waals surface area contributed by atoms with Crippen molar-refractivity contribution in [1.82, 2.24) is 9.78 Å². The molecule has 1 N–H and O–H groups in total. The third-order valence-electron chi connectivity index (χ3n) is 4.65. The number of rotatable bonds is 2. The van der Waals surface area contributed by atoms with E-state index >= 15 is 0 Å². The van der Waals surface area contributed by atoms with Gasteiger partial charge in [0.2, 0.25) is 0 Å². The van der Waals surface area contributed by atoms with Crippen LogP contribution in [0.5, 0.6) is 0 Å². The Morgan fingerprint density at radius 1 is 1.00 bits per heavy atom. The van der Waals surface area contributed by atoms with Crippen molar-refractivity contribution in [3.63, 3.8) is 0 Å².